The predicted octanol–water partition coefficient (Wildman–Crippen LogP) is 5.36. The van der Waals surface area contributed by atoms with Gasteiger partial charge < -0.3 is 20.1 Å². The minimum Gasteiger partial charge on any atom is -0.395 e. The second kappa shape index (κ2) is 16.6. The van der Waals surface area contributed by atoms with E-state index in [4.69, 9.17) is 16.3 Å². The van der Waals surface area contributed by atoms with Crippen LogP contribution in [0.3, 0.4) is 0 Å². The average molecular weight is 664 g/mol. The van der Waals surface area contributed by atoms with Crippen LogP contribution >= 0.6 is 11.6 Å². The Balaban J connectivity index is 1.50. The Labute approximate surface area is 268 Å². The standard InChI is InChI=1S/C33H40ClF2N3O5S/c1-39(17-18-40)22-27(38-45(42,43)28-12-9-26(35)10-13-28)11-14-29-31(36)3-2-4-32(29)37-33(41)21-30(24-15-19-44-20-16-24)23-5-7-25(34)8-6-23/h2-10,12-13,24,27,30,38,40H,11,14-22H2,1H3,(H,37,41)/t27-,30?/m0/s1. The zero-order valence-corrected chi connectivity index (χ0v) is 26.8. The summed E-state index contributed by atoms with van der Waals surface area (Å²) in [7, 11) is -2.28. The van der Waals surface area contributed by atoms with Crippen molar-refractivity contribution in [3.05, 3.63) is 94.5 Å². The van der Waals surface area contributed by atoms with Crippen molar-refractivity contribution in [2.75, 3.05) is 45.3 Å². The molecule has 0 spiro atoms. The molecule has 8 nitrogen and oxygen atoms in total. The predicted molar refractivity (Wildman–Crippen MR) is 171 cm³/mol. The number of likely N-dealkylation sites (N-methyl/N-ethyl adjacent to an activating group) is 1. The summed E-state index contributed by atoms with van der Waals surface area (Å²) in [5.41, 5.74) is 1.59. The van der Waals surface area contributed by atoms with Crippen LogP contribution in [-0.2, 0) is 26.0 Å². The maximum Gasteiger partial charge on any atom is 0.240 e. The van der Waals surface area contributed by atoms with Crippen molar-refractivity contribution in [2.24, 2.45) is 5.92 Å². The first-order valence-electron chi connectivity index (χ1n) is 15.0. The van der Waals surface area contributed by atoms with E-state index < -0.39 is 27.7 Å². The fourth-order valence-corrected chi connectivity index (χ4v) is 7.15. The number of carbonyl (C=O) groups is 1. The Morgan fingerprint density at radius 1 is 1.07 bits per heavy atom. The number of benzene rings is 3. The molecule has 1 saturated heterocycles. The first-order valence-corrected chi connectivity index (χ1v) is 16.9. The van der Waals surface area contributed by atoms with E-state index in [0.717, 1.165) is 30.5 Å². The van der Waals surface area contributed by atoms with E-state index in [1.807, 2.05) is 24.3 Å². The van der Waals surface area contributed by atoms with Crippen molar-refractivity contribution < 1.29 is 31.8 Å². The molecule has 1 aliphatic rings. The van der Waals surface area contributed by atoms with Gasteiger partial charge in [-0.05, 0) is 98.7 Å². The molecule has 244 valence electrons. The average Bonchev–Trinajstić information content (AvgIpc) is 3.00. The monoisotopic (exact) mass is 663 g/mol. The number of rotatable bonds is 15. The van der Waals surface area contributed by atoms with Crippen LogP contribution in [0.25, 0.3) is 0 Å². The number of nitrogens with one attached hydrogen (secondary N) is 2. The lowest BCUT2D eigenvalue weighted by molar-refractivity contribution is -0.117. The maximum atomic E-state index is 15.2. The number of hydrogen-bond donors (Lipinski definition) is 3. The highest BCUT2D eigenvalue weighted by Gasteiger charge is 2.28. The van der Waals surface area contributed by atoms with Gasteiger partial charge in [0.05, 0.1) is 11.5 Å². The zero-order chi connectivity index (χ0) is 32.4. The molecular formula is C33H40ClF2N3O5S. The molecule has 3 aromatic rings. The molecule has 45 heavy (non-hydrogen) atoms. The number of nitrogens with zero attached hydrogens (tertiary/aromatic N) is 1. The Hall–Kier alpha value is -2.93. The highest BCUT2D eigenvalue weighted by atomic mass is 35.5. The van der Waals surface area contributed by atoms with Gasteiger partial charge in [-0.3, -0.25) is 4.79 Å². The van der Waals surface area contributed by atoms with Gasteiger partial charge in [-0.1, -0.05) is 29.8 Å². The number of anilines is 1. The van der Waals surface area contributed by atoms with Gasteiger partial charge in [0.25, 0.3) is 0 Å². The molecule has 1 fully saturated rings. The maximum absolute atomic E-state index is 15.2. The van der Waals surface area contributed by atoms with Gasteiger partial charge in [-0.2, -0.15) is 0 Å². The van der Waals surface area contributed by atoms with Crippen LogP contribution < -0.4 is 10.0 Å². The van der Waals surface area contributed by atoms with Crippen molar-refractivity contribution in [3.63, 3.8) is 0 Å². The summed E-state index contributed by atoms with van der Waals surface area (Å²) in [6.45, 7) is 1.67. The topological polar surface area (TPSA) is 108 Å². The summed E-state index contributed by atoms with van der Waals surface area (Å²) in [5.74, 6) is -1.17. The number of aliphatic hydroxyl groups excluding tert-OH is 1. The normalized spacial score (nSPS) is 15.6. The second-order valence-corrected chi connectivity index (χ2v) is 13.6. The third-order valence-electron chi connectivity index (χ3n) is 8.13. The molecule has 4 rings (SSSR count). The number of halogens is 3. The minimum atomic E-state index is -4.02. The minimum absolute atomic E-state index is 0.0736. The van der Waals surface area contributed by atoms with E-state index in [1.54, 1.807) is 18.0 Å². The van der Waals surface area contributed by atoms with Gasteiger partial charge in [0.15, 0.2) is 0 Å². The van der Waals surface area contributed by atoms with Gasteiger partial charge in [-0.15, -0.1) is 0 Å². The summed E-state index contributed by atoms with van der Waals surface area (Å²) >= 11 is 6.11. The van der Waals surface area contributed by atoms with E-state index in [1.165, 1.54) is 24.3 Å². The van der Waals surface area contributed by atoms with Crippen LogP contribution in [0.2, 0.25) is 5.02 Å². The summed E-state index contributed by atoms with van der Waals surface area (Å²) in [6.07, 6.45) is 2.15. The SMILES string of the molecule is CN(CCO)C[C@H](CCc1c(F)cccc1NC(=O)CC(c1ccc(Cl)cc1)C1CCOCC1)NS(=O)(=O)c1ccc(F)cc1. The molecular weight excluding hydrogens is 624 g/mol. The molecule has 3 aromatic carbocycles. The van der Waals surface area contributed by atoms with Crippen LogP contribution in [0.1, 0.15) is 42.7 Å². The summed E-state index contributed by atoms with van der Waals surface area (Å²) in [5, 5.41) is 12.9. The van der Waals surface area contributed by atoms with Crippen LogP contribution in [0.5, 0.6) is 0 Å². The number of carbonyl (C=O) groups excluding carboxylic acids is 1. The van der Waals surface area contributed by atoms with Gasteiger partial charge >= 0.3 is 0 Å². The van der Waals surface area contributed by atoms with Gasteiger partial charge in [0, 0.05) is 55.0 Å². The summed E-state index contributed by atoms with van der Waals surface area (Å²) < 4.78 is 63.1. The molecule has 0 aliphatic carbocycles. The third-order valence-corrected chi connectivity index (χ3v) is 9.92. The number of hydrogen-bond acceptors (Lipinski definition) is 6. The van der Waals surface area contributed by atoms with E-state index in [9.17, 15) is 22.7 Å². The molecule has 1 unspecified atom stereocenters. The molecule has 0 radical (unpaired) electrons. The van der Waals surface area contributed by atoms with E-state index in [-0.39, 0.29) is 60.6 Å². The Bertz CT molecular complexity index is 1500. The zero-order valence-electron chi connectivity index (χ0n) is 25.2. The number of amides is 1. The van der Waals surface area contributed by atoms with Crippen molar-refractivity contribution in [1.82, 2.24) is 9.62 Å². The lowest BCUT2D eigenvalue weighted by Crippen LogP contribution is -2.43. The molecule has 1 amide bonds. The lowest BCUT2D eigenvalue weighted by atomic mass is 9.79. The molecule has 12 heteroatoms. The fourth-order valence-electron chi connectivity index (χ4n) is 5.76. The lowest BCUT2D eigenvalue weighted by Gasteiger charge is -2.30. The first-order chi connectivity index (χ1) is 21.6. The molecule has 0 aromatic heterocycles. The van der Waals surface area contributed by atoms with Crippen molar-refractivity contribution in [1.29, 1.82) is 0 Å². The second-order valence-electron chi connectivity index (χ2n) is 11.4. The summed E-state index contributed by atoms with van der Waals surface area (Å²) in [6, 6.07) is 15.8. The van der Waals surface area contributed by atoms with Gasteiger partial charge in [-0.25, -0.2) is 21.9 Å². The smallest absolute Gasteiger partial charge is 0.240 e. The molecule has 0 bridgehead atoms. The third kappa shape index (κ3) is 10.3. The molecule has 3 N–H and O–H groups in total. The van der Waals surface area contributed by atoms with Crippen molar-refractivity contribution in [2.45, 2.75) is 49.0 Å². The van der Waals surface area contributed by atoms with Crippen LogP contribution in [0, 0.1) is 17.6 Å². The van der Waals surface area contributed by atoms with Gasteiger partial charge in [0.1, 0.15) is 11.6 Å². The molecule has 1 aliphatic heterocycles. The fraction of sp³-hybridized carbons (Fsp3) is 0.424. The molecule has 0 saturated carbocycles. The molecule has 2 atom stereocenters. The largest absolute Gasteiger partial charge is 0.395 e. The number of sulfonamides is 1. The van der Waals surface area contributed by atoms with Crippen molar-refractivity contribution >= 4 is 33.2 Å². The summed E-state index contributed by atoms with van der Waals surface area (Å²) in [4.78, 5) is 15.1. The van der Waals surface area contributed by atoms with Crippen LogP contribution in [0.4, 0.5) is 14.5 Å². The highest BCUT2D eigenvalue weighted by molar-refractivity contribution is 7.89. The quantitative estimate of drug-likeness (QED) is 0.202. The van der Waals surface area contributed by atoms with E-state index in [0.29, 0.717) is 30.5 Å². The Morgan fingerprint density at radius 2 is 1.76 bits per heavy atom. The Morgan fingerprint density at radius 3 is 2.42 bits per heavy atom. The van der Waals surface area contributed by atoms with Crippen LogP contribution in [-0.4, -0.2) is 70.3 Å². The first kappa shape index (κ1) is 34.9. The van der Waals surface area contributed by atoms with Gasteiger partial charge in [0.2, 0.25) is 15.9 Å². The Kier molecular flexibility index (Phi) is 12.9. The highest BCUT2D eigenvalue weighted by Crippen LogP contribution is 2.36. The van der Waals surface area contributed by atoms with E-state index in [2.05, 4.69) is 10.0 Å². The molecule has 1 heterocycles. The number of ether oxygens (including phenoxy) is 1. The van der Waals surface area contributed by atoms with Crippen LogP contribution in [0.15, 0.2) is 71.6 Å². The van der Waals surface area contributed by atoms with Crippen molar-refractivity contribution in [3.8, 4) is 0 Å². The number of aliphatic hydroxyl groups is 1. The van der Waals surface area contributed by atoms with E-state index >= 15 is 4.39 Å².